The van der Waals surface area contributed by atoms with Crippen molar-refractivity contribution in [1.29, 1.82) is 5.41 Å². The molecule has 0 saturated carbocycles. The standard InChI is InChI=1S/C15H15BrN2O/c1-9-6-7-11(16)8-13(9)19-14-10(2)4-3-5-12(14)15(17)18/h3-8H,1-2H3,(H3,17,18). The van der Waals surface area contributed by atoms with Crippen LogP contribution in [0.25, 0.3) is 0 Å². The number of halogens is 1. The predicted octanol–water partition coefficient (Wildman–Crippen LogP) is 4.14. The number of nitrogen functional groups attached to an aromatic ring is 1. The van der Waals surface area contributed by atoms with Gasteiger partial charge in [-0.1, -0.05) is 34.1 Å². The van der Waals surface area contributed by atoms with Gasteiger partial charge in [-0.25, -0.2) is 0 Å². The molecule has 2 aromatic rings. The van der Waals surface area contributed by atoms with Gasteiger partial charge in [0.2, 0.25) is 0 Å². The Morgan fingerprint density at radius 3 is 2.58 bits per heavy atom. The van der Waals surface area contributed by atoms with E-state index in [2.05, 4.69) is 15.9 Å². The molecule has 3 nitrogen and oxygen atoms in total. The number of amidine groups is 1. The van der Waals surface area contributed by atoms with Gasteiger partial charge in [0.15, 0.2) is 0 Å². The Bertz CT molecular complexity index is 638. The average molecular weight is 319 g/mol. The molecule has 0 heterocycles. The summed E-state index contributed by atoms with van der Waals surface area (Å²) in [4.78, 5) is 0. The van der Waals surface area contributed by atoms with Crippen LogP contribution in [0.1, 0.15) is 16.7 Å². The van der Waals surface area contributed by atoms with Gasteiger partial charge in [-0.05, 0) is 43.2 Å². The first-order valence-corrected chi connectivity index (χ1v) is 6.66. The lowest BCUT2D eigenvalue weighted by atomic mass is 10.1. The van der Waals surface area contributed by atoms with Gasteiger partial charge in [0, 0.05) is 4.47 Å². The van der Waals surface area contributed by atoms with Gasteiger partial charge in [0.05, 0.1) is 5.56 Å². The number of ether oxygens (including phenoxy) is 1. The largest absolute Gasteiger partial charge is 0.456 e. The smallest absolute Gasteiger partial charge is 0.141 e. The molecule has 0 bridgehead atoms. The van der Waals surface area contributed by atoms with Crippen LogP contribution in [-0.4, -0.2) is 5.84 Å². The molecule has 0 fully saturated rings. The molecular weight excluding hydrogens is 304 g/mol. The van der Waals surface area contributed by atoms with E-state index in [4.69, 9.17) is 15.9 Å². The summed E-state index contributed by atoms with van der Waals surface area (Å²) in [6, 6.07) is 11.4. The van der Waals surface area contributed by atoms with E-state index in [1.807, 2.05) is 44.2 Å². The van der Waals surface area contributed by atoms with Crippen LogP contribution in [0.2, 0.25) is 0 Å². The summed E-state index contributed by atoms with van der Waals surface area (Å²) in [5.74, 6) is 1.40. The molecule has 0 aliphatic heterocycles. The van der Waals surface area contributed by atoms with Crippen molar-refractivity contribution in [2.45, 2.75) is 13.8 Å². The predicted molar refractivity (Wildman–Crippen MR) is 81.1 cm³/mol. The van der Waals surface area contributed by atoms with E-state index in [0.717, 1.165) is 21.3 Å². The Labute approximate surface area is 121 Å². The summed E-state index contributed by atoms with van der Waals surface area (Å²) in [6.45, 7) is 3.92. The summed E-state index contributed by atoms with van der Waals surface area (Å²) < 4.78 is 6.91. The van der Waals surface area contributed by atoms with Crippen molar-refractivity contribution >= 4 is 21.8 Å². The Kier molecular flexibility index (Phi) is 3.90. The van der Waals surface area contributed by atoms with Crippen LogP contribution >= 0.6 is 15.9 Å². The second-order valence-corrected chi connectivity index (χ2v) is 5.29. The van der Waals surface area contributed by atoms with Gasteiger partial charge in [-0.2, -0.15) is 0 Å². The van der Waals surface area contributed by atoms with Gasteiger partial charge < -0.3 is 10.5 Å². The molecule has 0 unspecified atom stereocenters. The Morgan fingerprint density at radius 1 is 1.16 bits per heavy atom. The molecule has 0 aliphatic carbocycles. The highest BCUT2D eigenvalue weighted by Gasteiger charge is 2.12. The van der Waals surface area contributed by atoms with E-state index in [0.29, 0.717) is 11.3 Å². The summed E-state index contributed by atoms with van der Waals surface area (Å²) in [7, 11) is 0. The zero-order chi connectivity index (χ0) is 14.0. The lowest BCUT2D eigenvalue weighted by Crippen LogP contribution is -2.13. The van der Waals surface area contributed by atoms with Crippen LogP contribution in [0.4, 0.5) is 0 Å². The topological polar surface area (TPSA) is 59.1 Å². The maximum Gasteiger partial charge on any atom is 0.141 e. The van der Waals surface area contributed by atoms with Crippen molar-refractivity contribution < 1.29 is 4.74 Å². The fourth-order valence-corrected chi connectivity index (χ4v) is 2.13. The van der Waals surface area contributed by atoms with Crippen LogP contribution in [-0.2, 0) is 0 Å². The van der Waals surface area contributed by atoms with Gasteiger partial charge in [0.1, 0.15) is 17.3 Å². The number of benzene rings is 2. The fraction of sp³-hybridized carbons (Fsp3) is 0.133. The second-order valence-electron chi connectivity index (χ2n) is 4.38. The quantitative estimate of drug-likeness (QED) is 0.660. The molecule has 0 radical (unpaired) electrons. The Hall–Kier alpha value is -1.81. The zero-order valence-electron chi connectivity index (χ0n) is 10.8. The number of nitrogens with one attached hydrogen (secondary N) is 1. The van der Waals surface area contributed by atoms with Crippen molar-refractivity contribution in [2.75, 3.05) is 0 Å². The van der Waals surface area contributed by atoms with E-state index in [-0.39, 0.29) is 5.84 Å². The molecule has 0 spiro atoms. The highest BCUT2D eigenvalue weighted by atomic mass is 79.9. The van der Waals surface area contributed by atoms with E-state index in [1.54, 1.807) is 6.07 Å². The third-order valence-corrected chi connectivity index (χ3v) is 3.36. The third kappa shape index (κ3) is 2.96. The van der Waals surface area contributed by atoms with Crippen LogP contribution in [0.15, 0.2) is 40.9 Å². The molecule has 0 atom stereocenters. The molecule has 2 aromatic carbocycles. The van der Waals surface area contributed by atoms with Gasteiger partial charge in [-0.15, -0.1) is 0 Å². The summed E-state index contributed by atoms with van der Waals surface area (Å²) >= 11 is 3.43. The lowest BCUT2D eigenvalue weighted by molar-refractivity contribution is 0.474. The van der Waals surface area contributed by atoms with Crippen LogP contribution in [0.5, 0.6) is 11.5 Å². The number of hydrogen-bond donors (Lipinski definition) is 2. The van der Waals surface area contributed by atoms with E-state index >= 15 is 0 Å². The monoisotopic (exact) mass is 318 g/mol. The first kappa shape index (κ1) is 13.6. The van der Waals surface area contributed by atoms with Crippen molar-refractivity contribution in [3.8, 4) is 11.5 Å². The third-order valence-electron chi connectivity index (χ3n) is 2.86. The van der Waals surface area contributed by atoms with Crippen LogP contribution < -0.4 is 10.5 Å². The van der Waals surface area contributed by atoms with Gasteiger partial charge in [-0.3, -0.25) is 5.41 Å². The summed E-state index contributed by atoms with van der Waals surface area (Å²) in [5.41, 5.74) is 8.19. The maximum atomic E-state index is 7.62. The summed E-state index contributed by atoms with van der Waals surface area (Å²) in [5, 5.41) is 7.62. The highest BCUT2D eigenvalue weighted by molar-refractivity contribution is 9.10. The summed E-state index contributed by atoms with van der Waals surface area (Å²) in [6.07, 6.45) is 0. The minimum Gasteiger partial charge on any atom is -0.456 e. The van der Waals surface area contributed by atoms with Gasteiger partial charge >= 0.3 is 0 Å². The SMILES string of the molecule is Cc1ccc(Br)cc1Oc1c(C)cccc1C(=N)N. The van der Waals surface area contributed by atoms with E-state index in [1.165, 1.54) is 0 Å². The number of aryl methyl sites for hydroxylation is 2. The van der Waals surface area contributed by atoms with E-state index < -0.39 is 0 Å². The number of nitrogens with two attached hydrogens (primary N) is 1. The molecule has 19 heavy (non-hydrogen) atoms. The lowest BCUT2D eigenvalue weighted by Gasteiger charge is -2.14. The molecule has 0 aromatic heterocycles. The fourth-order valence-electron chi connectivity index (χ4n) is 1.79. The first-order chi connectivity index (χ1) is 8.99. The van der Waals surface area contributed by atoms with E-state index in [9.17, 15) is 0 Å². The highest BCUT2D eigenvalue weighted by Crippen LogP contribution is 2.32. The molecule has 3 N–H and O–H groups in total. The van der Waals surface area contributed by atoms with Crippen molar-refractivity contribution in [1.82, 2.24) is 0 Å². The normalized spacial score (nSPS) is 10.3. The zero-order valence-corrected chi connectivity index (χ0v) is 12.4. The van der Waals surface area contributed by atoms with Crippen molar-refractivity contribution in [2.24, 2.45) is 5.73 Å². The molecule has 0 saturated heterocycles. The van der Waals surface area contributed by atoms with Crippen molar-refractivity contribution in [3.05, 3.63) is 57.6 Å². The molecular formula is C15H15BrN2O. The maximum absolute atomic E-state index is 7.62. The number of para-hydroxylation sites is 1. The number of rotatable bonds is 3. The minimum absolute atomic E-state index is 0.00588. The molecule has 0 aliphatic rings. The average Bonchev–Trinajstić information content (AvgIpc) is 2.35. The number of hydrogen-bond acceptors (Lipinski definition) is 2. The molecule has 98 valence electrons. The van der Waals surface area contributed by atoms with Crippen molar-refractivity contribution in [3.63, 3.8) is 0 Å². The van der Waals surface area contributed by atoms with Crippen LogP contribution in [0, 0.1) is 19.3 Å². The van der Waals surface area contributed by atoms with Gasteiger partial charge in [0.25, 0.3) is 0 Å². The molecule has 0 amide bonds. The Morgan fingerprint density at radius 2 is 1.89 bits per heavy atom. The minimum atomic E-state index is 0.00588. The first-order valence-electron chi connectivity index (χ1n) is 5.87. The Balaban J connectivity index is 2.49. The molecule has 2 rings (SSSR count). The van der Waals surface area contributed by atoms with Crippen LogP contribution in [0.3, 0.4) is 0 Å². The second kappa shape index (κ2) is 5.45. The molecule has 4 heteroatoms.